The van der Waals surface area contributed by atoms with E-state index in [1.807, 2.05) is 12.1 Å². The molecule has 104 valence electrons. The van der Waals surface area contributed by atoms with Crippen molar-refractivity contribution in [1.82, 2.24) is 4.98 Å². The summed E-state index contributed by atoms with van der Waals surface area (Å²) < 4.78 is 0. The molecule has 0 atom stereocenters. The Bertz CT molecular complexity index is 439. The number of pyridine rings is 1. The van der Waals surface area contributed by atoms with E-state index < -0.39 is 0 Å². The molecule has 1 aromatic heterocycles. The average molecular weight is 262 g/mol. The maximum Gasteiger partial charge on any atom is 0.188 e. The highest BCUT2D eigenvalue weighted by Gasteiger charge is 2.18. The van der Waals surface area contributed by atoms with Crippen LogP contribution in [0, 0.1) is 0 Å². The lowest BCUT2D eigenvalue weighted by atomic mass is 10.1. The molecule has 1 saturated carbocycles. The van der Waals surface area contributed by atoms with Crippen molar-refractivity contribution in [3.63, 3.8) is 0 Å². The summed E-state index contributed by atoms with van der Waals surface area (Å²) in [7, 11) is 2.08. The number of oxime groups is 1. The Morgan fingerprint density at radius 1 is 1.32 bits per heavy atom. The Balaban J connectivity index is 2.15. The molecule has 3 N–H and O–H groups in total. The summed E-state index contributed by atoms with van der Waals surface area (Å²) in [6.45, 7) is 0. The molecule has 1 heterocycles. The molecule has 19 heavy (non-hydrogen) atoms. The number of hydrogen-bond acceptors (Lipinski definition) is 4. The Hall–Kier alpha value is -1.78. The molecule has 0 aromatic carbocycles. The van der Waals surface area contributed by atoms with E-state index in [1.165, 1.54) is 38.5 Å². The lowest BCUT2D eigenvalue weighted by Crippen LogP contribution is -2.32. The van der Waals surface area contributed by atoms with Gasteiger partial charge < -0.3 is 15.8 Å². The van der Waals surface area contributed by atoms with Crippen LogP contribution in [0.1, 0.15) is 44.2 Å². The minimum Gasteiger partial charge on any atom is -0.409 e. The van der Waals surface area contributed by atoms with E-state index in [0.29, 0.717) is 11.7 Å². The van der Waals surface area contributed by atoms with Crippen molar-refractivity contribution in [2.24, 2.45) is 10.9 Å². The van der Waals surface area contributed by atoms with Crippen molar-refractivity contribution in [1.29, 1.82) is 0 Å². The second-order valence-corrected chi connectivity index (χ2v) is 5.12. The zero-order valence-electron chi connectivity index (χ0n) is 11.4. The molecule has 0 saturated heterocycles. The van der Waals surface area contributed by atoms with Gasteiger partial charge in [0, 0.05) is 13.1 Å². The molecule has 2 rings (SSSR count). The van der Waals surface area contributed by atoms with Gasteiger partial charge in [-0.3, -0.25) is 0 Å². The van der Waals surface area contributed by atoms with Crippen molar-refractivity contribution in [3.8, 4) is 0 Å². The second kappa shape index (κ2) is 6.41. The molecular formula is C14H22N4O. The molecule has 5 nitrogen and oxygen atoms in total. The molecule has 1 aromatic rings. The van der Waals surface area contributed by atoms with E-state index in [4.69, 9.17) is 10.9 Å². The maximum absolute atomic E-state index is 8.71. The van der Waals surface area contributed by atoms with Gasteiger partial charge in [-0.05, 0) is 25.0 Å². The van der Waals surface area contributed by atoms with Crippen LogP contribution in [-0.4, -0.2) is 29.1 Å². The van der Waals surface area contributed by atoms with E-state index in [0.717, 1.165) is 5.82 Å². The zero-order chi connectivity index (χ0) is 13.7. The predicted octanol–water partition coefficient (Wildman–Crippen LogP) is 2.34. The van der Waals surface area contributed by atoms with E-state index in [9.17, 15) is 0 Å². The number of aromatic nitrogens is 1. The standard InChI is InChI=1S/C14H22N4O/c1-18(11-7-4-2-3-5-8-11)13-10-6-9-12(16-13)14(15)17-19/h6,9-11,19H,2-5,7-8H2,1H3,(H2,15,17). The molecule has 0 aliphatic heterocycles. The normalized spacial score (nSPS) is 18.1. The molecule has 0 bridgehead atoms. The second-order valence-electron chi connectivity index (χ2n) is 5.12. The number of anilines is 1. The average Bonchev–Trinajstić information content (AvgIpc) is 2.75. The third-order valence-corrected chi connectivity index (χ3v) is 3.84. The van der Waals surface area contributed by atoms with E-state index in [1.54, 1.807) is 6.07 Å². The summed E-state index contributed by atoms with van der Waals surface area (Å²) in [5.41, 5.74) is 6.10. The first kappa shape index (κ1) is 13.6. The van der Waals surface area contributed by atoms with Crippen LogP contribution in [0.5, 0.6) is 0 Å². The van der Waals surface area contributed by atoms with Crippen LogP contribution in [0.25, 0.3) is 0 Å². The fourth-order valence-electron chi connectivity index (χ4n) is 2.65. The quantitative estimate of drug-likeness (QED) is 0.288. The molecule has 0 radical (unpaired) electrons. The smallest absolute Gasteiger partial charge is 0.188 e. The molecule has 0 spiro atoms. The van der Waals surface area contributed by atoms with Crippen LogP contribution in [0.4, 0.5) is 5.82 Å². The van der Waals surface area contributed by atoms with Crippen molar-refractivity contribution in [2.75, 3.05) is 11.9 Å². The van der Waals surface area contributed by atoms with Crippen molar-refractivity contribution in [3.05, 3.63) is 23.9 Å². The van der Waals surface area contributed by atoms with Crippen molar-refractivity contribution < 1.29 is 5.21 Å². The van der Waals surface area contributed by atoms with E-state index >= 15 is 0 Å². The lowest BCUT2D eigenvalue weighted by molar-refractivity contribution is 0.318. The van der Waals surface area contributed by atoms with Gasteiger partial charge in [0.15, 0.2) is 5.84 Å². The Morgan fingerprint density at radius 2 is 2.00 bits per heavy atom. The Labute approximate surface area is 114 Å². The van der Waals surface area contributed by atoms with Gasteiger partial charge in [-0.2, -0.15) is 0 Å². The molecule has 0 unspecified atom stereocenters. The SMILES string of the molecule is CN(c1cccc(C(N)=NO)n1)C1CCCCCC1. The molecular weight excluding hydrogens is 240 g/mol. The molecule has 0 amide bonds. The number of rotatable bonds is 3. The van der Waals surface area contributed by atoms with Gasteiger partial charge in [0.25, 0.3) is 0 Å². The van der Waals surface area contributed by atoms with Gasteiger partial charge in [-0.15, -0.1) is 0 Å². The Kier molecular flexibility index (Phi) is 4.60. The van der Waals surface area contributed by atoms with Gasteiger partial charge in [-0.25, -0.2) is 4.98 Å². The van der Waals surface area contributed by atoms with Gasteiger partial charge in [-0.1, -0.05) is 36.9 Å². The summed E-state index contributed by atoms with van der Waals surface area (Å²) in [5, 5.41) is 11.7. The van der Waals surface area contributed by atoms with Gasteiger partial charge in [0.2, 0.25) is 0 Å². The largest absolute Gasteiger partial charge is 0.409 e. The van der Waals surface area contributed by atoms with Gasteiger partial charge >= 0.3 is 0 Å². The predicted molar refractivity (Wildman–Crippen MR) is 76.6 cm³/mol. The summed E-state index contributed by atoms with van der Waals surface area (Å²) in [4.78, 5) is 6.68. The zero-order valence-corrected chi connectivity index (χ0v) is 11.4. The van der Waals surface area contributed by atoms with E-state index in [-0.39, 0.29) is 5.84 Å². The van der Waals surface area contributed by atoms with E-state index in [2.05, 4.69) is 22.1 Å². The number of nitrogens with two attached hydrogens (primary N) is 1. The molecule has 1 aliphatic rings. The molecule has 5 heteroatoms. The van der Waals surface area contributed by atoms with Crippen LogP contribution in [-0.2, 0) is 0 Å². The molecule has 1 fully saturated rings. The summed E-state index contributed by atoms with van der Waals surface area (Å²) in [5.74, 6) is 0.937. The number of amidine groups is 1. The minimum absolute atomic E-state index is 0.0520. The first-order valence-corrected chi connectivity index (χ1v) is 6.90. The first-order valence-electron chi connectivity index (χ1n) is 6.90. The van der Waals surface area contributed by atoms with Gasteiger partial charge in [0.05, 0.1) is 0 Å². The minimum atomic E-state index is 0.0520. The summed E-state index contributed by atoms with van der Waals surface area (Å²) >= 11 is 0. The van der Waals surface area contributed by atoms with Crippen LogP contribution >= 0.6 is 0 Å². The molecule has 1 aliphatic carbocycles. The van der Waals surface area contributed by atoms with Crippen molar-refractivity contribution >= 4 is 11.7 Å². The highest BCUT2D eigenvalue weighted by Crippen LogP contribution is 2.24. The topological polar surface area (TPSA) is 74.7 Å². The first-order chi connectivity index (χ1) is 9.22. The van der Waals surface area contributed by atoms with Gasteiger partial charge in [0.1, 0.15) is 11.5 Å². The van der Waals surface area contributed by atoms with Crippen LogP contribution in [0.15, 0.2) is 23.4 Å². The highest BCUT2D eigenvalue weighted by atomic mass is 16.4. The van der Waals surface area contributed by atoms with Crippen LogP contribution in [0.2, 0.25) is 0 Å². The third-order valence-electron chi connectivity index (χ3n) is 3.84. The van der Waals surface area contributed by atoms with Crippen molar-refractivity contribution in [2.45, 2.75) is 44.6 Å². The highest BCUT2D eigenvalue weighted by molar-refractivity contribution is 5.95. The summed E-state index contributed by atoms with van der Waals surface area (Å²) in [6.07, 6.45) is 7.67. The monoisotopic (exact) mass is 262 g/mol. The van der Waals surface area contributed by atoms with Crippen LogP contribution in [0.3, 0.4) is 0 Å². The lowest BCUT2D eigenvalue weighted by Gasteiger charge is -2.28. The summed E-state index contributed by atoms with van der Waals surface area (Å²) in [6, 6.07) is 6.15. The third kappa shape index (κ3) is 3.36. The fraction of sp³-hybridized carbons (Fsp3) is 0.571. The fourth-order valence-corrected chi connectivity index (χ4v) is 2.65. The number of nitrogens with zero attached hydrogens (tertiary/aromatic N) is 3. The van der Waals surface area contributed by atoms with Crippen LogP contribution < -0.4 is 10.6 Å². The maximum atomic E-state index is 8.71. The number of hydrogen-bond donors (Lipinski definition) is 2. The Morgan fingerprint density at radius 3 is 2.63 bits per heavy atom.